The molecule has 2 aromatic carbocycles. The number of hydrogen-bond acceptors (Lipinski definition) is 10. The second-order valence-corrected chi connectivity index (χ2v) is 13.2. The highest BCUT2D eigenvalue weighted by molar-refractivity contribution is 9.10. The number of anilines is 5. The third-order valence-corrected chi connectivity index (χ3v) is 9.02. The molecule has 0 unspecified atom stereocenters. The molecule has 1 aliphatic heterocycles. The normalized spacial score (nSPS) is 13.2. The zero-order valence-corrected chi connectivity index (χ0v) is 27.6. The van der Waals surface area contributed by atoms with Gasteiger partial charge in [-0.25, -0.2) is 4.98 Å². The molecule has 1 saturated heterocycles. The average molecular weight is 684 g/mol. The molecule has 3 aromatic heterocycles. The lowest BCUT2D eigenvalue weighted by Gasteiger charge is -2.31. The van der Waals surface area contributed by atoms with Gasteiger partial charge in [0.05, 0.1) is 34.5 Å². The molecule has 1 aliphatic rings. The van der Waals surface area contributed by atoms with Crippen LogP contribution in [-0.2, 0) is 7.05 Å². The number of ether oxygens (including phenoxy) is 1. The van der Waals surface area contributed by atoms with E-state index < -0.39 is 7.92 Å². The van der Waals surface area contributed by atoms with Gasteiger partial charge in [-0.1, -0.05) is 7.92 Å². The average Bonchev–Trinajstić information content (AvgIpc) is 3.44. The first-order valence-electron chi connectivity index (χ1n) is 13.6. The lowest BCUT2D eigenvalue weighted by Crippen LogP contribution is -2.43. The third-order valence-electron chi connectivity index (χ3n) is 7.10. The van der Waals surface area contributed by atoms with Gasteiger partial charge in [0, 0.05) is 91.9 Å². The molecular formula is C29H33BrClN10OP. The first-order valence-corrected chi connectivity index (χ1v) is 16.6. The van der Waals surface area contributed by atoms with E-state index >= 15 is 0 Å². The summed E-state index contributed by atoms with van der Waals surface area (Å²) in [6, 6.07) is 8.19. The largest absolute Gasteiger partial charge is 0.494 e. The molecule has 0 saturated carbocycles. The standard InChI is InChI=1S/C29H32BrN10OP.ClH/c1-39-17-18(15-35-39)19-13-23(25(41-2)14-24(19)40-11-9-31-10-12-40)37-29-34-16-20(30)28(38-29)36-22-6-5-21-26(27(22)42(3)4)33-8-7-32-21;/h5-8,13-17,31H,9-12H2,1-4H3,(H2,34,36,37,38);1H. The van der Waals surface area contributed by atoms with Gasteiger partial charge in [0.15, 0.2) is 0 Å². The Morgan fingerprint density at radius 2 is 1.79 bits per heavy atom. The van der Waals surface area contributed by atoms with Gasteiger partial charge in [0.25, 0.3) is 0 Å². The number of nitrogens with one attached hydrogen (secondary N) is 3. The molecule has 6 rings (SSSR count). The molecule has 1 fully saturated rings. The van der Waals surface area contributed by atoms with Crippen LogP contribution in [0.4, 0.5) is 28.8 Å². The Hall–Kier alpha value is -3.57. The molecule has 3 N–H and O–H groups in total. The summed E-state index contributed by atoms with van der Waals surface area (Å²) in [7, 11) is 3.13. The lowest BCUT2D eigenvalue weighted by atomic mass is 10.0. The Morgan fingerprint density at radius 3 is 2.51 bits per heavy atom. The van der Waals surface area contributed by atoms with E-state index in [0.29, 0.717) is 17.5 Å². The first kappa shape index (κ1) is 30.9. The van der Waals surface area contributed by atoms with Gasteiger partial charge >= 0.3 is 0 Å². The van der Waals surface area contributed by atoms with Crippen LogP contribution in [0, 0.1) is 0 Å². The molecule has 0 aliphatic carbocycles. The van der Waals surface area contributed by atoms with Gasteiger partial charge in [-0.05, 0) is 47.5 Å². The quantitative estimate of drug-likeness (QED) is 0.187. The van der Waals surface area contributed by atoms with E-state index in [-0.39, 0.29) is 12.4 Å². The Labute approximate surface area is 266 Å². The number of methoxy groups -OCH3 is 1. The van der Waals surface area contributed by atoms with E-state index in [0.717, 1.165) is 75.2 Å². The van der Waals surface area contributed by atoms with Gasteiger partial charge in [-0.2, -0.15) is 10.1 Å². The smallest absolute Gasteiger partial charge is 0.229 e. The molecular weight excluding hydrogens is 651 g/mol. The van der Waals surface area contributed by atoms with Crippen molar-refractivity contribution in [3.05, 3.63) is 59.7 Å². The van der Waals surface area contributed by atoms with Crippen LogP contribution in [0.3, 0.4) is 0 Å². The lowest BCUT2D eigenvalue weighted by molar-refractivity contribution is 0.416. The van der Waals surface area contributed by atoms with E-state index in [1.807, 2.05) is 36.3 Å². The third kappa shape index (κ3) is 6.52. The van der Waals surface area contributed by atoms with Gasteiger partial charge < -0.3 is 25.6 Å². The predicted octanol–water partition coefficient (Wildman–Crippen LogP) is 5.28. The summed E-state index contributed by atoms with van der Waals surface area (Å²) < 4.78 is 8.42. The van der Waals surface area contributed by atoms with Crippen molar-refractivity contribution in [3.63, 3.8) is 0 Å². The van der Waals surface area contributed by atoms with Crippen LogP contribution < -0.4 is 30.9 Å². The van der Waals surface area contributed by atoms with Crippen LogP contribution >= 0.6 is 36.3 Å². The van der Waals surface area contributed by atoms with Crippen molar-refractivity contribution in [2.45, 2.75) is 0 Å². The Kier molecular flexibility index (Phi) is 9.61. The van der Waals surface area contributed by atoms with Crippen molar-refractivity contribution < 1.29 is 4.74 Å². The Balaban J connectivity index is 0.00000368. The number of rotatable bonds is 8. The Morgan fingerprint density at radius 1 is 1.00 bits per heavy atom. The molecule has 43 heavy (non-hydrogen) atoms. The fourth-order valence-electron chi connectivity index (χ4n) is 5.13. The number of fused-ring (bicyclic) bond motifs is 1. The highest BCUT2D eigenvalue weighted by Gasteiger charge is 2.21. The maximum atomic E-state index is 5.86. The summed E-state index contributed by atoms with van der Waals surface area (Å²) in [4.78, 5) is 20.9. The van der Waals surface area contributed by atoms with E-state index in [9.17, 15) is 0 Å². The van der Waals surface area contributed by atoms with Gasteiger partial charge in [0.2, 0.25) is 5.95 Å². The molecule has 0 atom stereocenters. The number of hydrogen-bond donors (Lipinski definition) is 3. The fraction of sp³-hybridized carbons (Fsp3) is 0.276. The van der Waals surface area contributed by atoms with Gasteiger partial charge in [0.1, 0.15) is 11.6 Å². The molecule has 4 heterocycles. The van der Waals surface area contributed by atoms with Crippen molar-refractivity contribution in [2.24, 2.45) is 7.05 Å². The minimum absolute atomic E-state index is 0. The van der Waals surface area contributed by atoms with E-state index in [4.69, 9.17) is 9.72 Å². The zero-order chi connectivity index (χ0) is 29.2. The van der Waals surface area contributed by atoms with E-state index in [1.54, 1.807) is 25.7 Å². The molecule has 0 bridgehead atoms. The zero-order valence-electron chi connectivity index (χ0n) is 24.3. The van der Waals surface area contributed by atoms with Crippen molar-refractivity contribution >= 4 is 81.4 Å². The number of piperazine rings is 1. The van der Waals surface area contributed by atoms with Crippen LogP contribution in [0.25, 0.3) is 22.2 Å². The molecule has 14 heteroatoms. The van der Waals surface area contributed by atoms with Crippen molar-refractivity contribution in [1.29, 1.82) is 0 Å². The first-order chi connectivity index (χ1) is 20.4. The number of benzene rings is 2. The molecule has 224 valence electrons. The molecule has 0 spiro atoms. The monoisotopic (exact) mass is 682 g/mol. The predicted molar refractivity (Wildman–Crippen MR) is 182 cm³/mol. The summed E-state index contributed by atoms with van der Waals surface area (Å²) >= 11 is 3.63. The maximum Gasteiger partial charge on any atom is 0.229 e. The van der Waals surface area contributed by atoms with Crippen LogP contribution in [0.2, 0.25) is 0 Å². The van der Waals surface area contributed by atoms with Gasteiger partial charge in [-0.3, -0.25) is 14.6 Å². The van der Waals surface area contributed by atoms with Crippen LogP contribution in [-0.4, -0.2) is 76.3 Å². The highest BCUT2D eigenvalue weighted by Crippen LogP contribution is 2.41. The second-order valence-electron chi connectivity index (χ2n) is 10.1. The fourth-order valence-corrected chi connectivity index (χ4v) is 6.63. The van der Waals surface area contributed by atoms with E-state index in [1.165, 1.54) is 0 Å². The van der Waals surface area contributed by atoms with Crippen LogP contribution in [0.5, 0.6) is 5.75 Å². The summed E-state index contributed by atoms with van der Waals surface area (Å²) in [6.07, 6.45) is 9.10. The molecule has 0 radical (unpaired) electrons. The van der Waals surface area contributed by atoms with Crippen LogP contribution in [0.15, 0.2) is 59.7 Å². The minimum atomic E-state index is -0.480. The number of aromatic nitrogens is 6. The second kappa shape index (κ2) is 13.4. The highest BCUT2D eigenvalue weighted by atomic mass is 79.9. The van der Waals surface area contributed by atoms with Gasteiger partial charge in [-0.15, -0.1) is 12.4 Å². The van der Waals surface area contributed by atoms with Crippen molar-refractivity contribution in [3.8, 4) is 16.9 Å². The van der Waals surface area contributed by atoms with Crippen LogP contribution in [0.1, 0.15) is 0 Å². The molecule has 5 aromatic rings. The van der Waals surface area contributed by atoms with Crippen molar-refractivity contribution in [2.75, 3.05) is 62.2 Å². The topological polar surface area (TPSA) is 118 Å². The maximum absolute atomic E-state index is 5.86. The molecule has 11 nitrogen and oxygen atoms in total. The summed E-state index contributed by atoms with van der Waals surface area (Å²) in [5.41, 5.74) is 6.67. The number of nitrogens with zero attached hydrogens (tertiary/aromatic N) is 7. The minimum Gasteiger partial charge on any atom is -0.494 e. The summed E-state index contributed by atoms with van der Waals surface area (Å²) in [6.45, 7) is 8.11. The SMILES string of the molecule is COc1cc(N2CCNCC2)c(-c2cnn(C)c2)cc1Nc1ncc(Br)c(Nc2ccc3nccnc3c2P(C)C)n1.Cl. The Bertz CT molecular complexity index is 1740. The summed E-state index contributed by atoms with van der Waals surface area (Å²) in [5, 5.41) is 15.9. The number of halogens is 2. The summed E-state index contributed by atoms with van der Waals surface area (Å²) in [5.74, 6) is 1.77. The van der Waals surface area contributed by atoms with E-state index in [2.05, 4.69) is 82.3 Å². The molecule has 0 amide bonds. The van der Waals surface area contributed by atoms with Crippen molar-refractivity contribution in [1.82, 2.24) is 35.0 Å². The number of aryl methyl sites for hydroxylation is 1.